The first-order valence-electron chi connectivity index (χ1n) is 3.69. The second-order valence-corrected chi connectivity index (χ2v) is 4.39. The van der Waals surface area contributed by atoms with Crippen molar-refractivity contribution >= 4 is 33.3 Å². The Kier molecular flexibility index (Phi) is 3.33. The van der Waals surface area contributed by atoms with E-state index in [9.17, 15) is 9.90 Å². The van der Waals surface area contributed by atoms with Crippen LogP contribution in [0.25, 0.3) is 0 Å². The highest BCUT2D eigenvalue weighted by Gasteiger charge is 2.18. The van der Waals surface area contributed by atoms with E-state index < -0.39 is 0 Å². The van der Waals surface area contributed by atoms with Crippen LogP contribution in [0.2, 0.25) is 5.02 Å². The molecule has 1 unspecified atom stereocenters. The van der Waals surface area contributed by atoms with Crippen LogP contribution in [0.1, 0.15) is 17.3 Å². The van der Waals surface area contributed by atoms with E-state index in [4.69, 9.17) is 11.6 Å². The van der Waals surface area contributed by atoms with Gasteiger partial charge in [-0.15, -0.1) is 0 Å². The van der Waals surface area contributed by atoms with Gasteiger partial charge in [0.1, 0.15) is 5.75 Å². The van der Waals surface area contributed by atoms with Gasteiger partial charge in [-0.1, -0.05) is 33.6 Å². The smallest absolute Gasteiger partial charge is 0.181 e. The zero-order valence-corrected chi connectivity index (χ0v) is 9.26. The standard InChI is InChI=1S/C9H8BrClO2/c1-5(10)9(13)8-6(11)3-2-4-7(8)12/h2-5,12H,1H3. The van der Waals surface area contributed by atoms with Crippen molar-refractivity contribution in [2.24, 2.45) is 0 Å². The number of benzene rings is 1. The number of alkyl halides is 1. The topological polar surface area (TPSA) is 37.3 Å². The molecule has 1 N–H and O–H groups in total. The summed E-state index contributed by atoms with van der Waals surface area (Å²) in [6.45, 7) is 1.69. The maximum atomic E-state index is 11.5. The van der Waals surface area contributed by atoms with Gasteiger partial charge in [-0.2, -0.15) is 0 Å². The van der Waals surface area contributed by atoms with E-state index in [1.807, 2.05) is 0 Å². The zero-order valence-electron chi connectivity index (χ0n) is 6.92. The van der Waals surface area contributed by atoms with Crippen LogP contribution in [0.15, 0.2) is 18.2 Å². The maximum absolute atomic E-state index is 11.5. The third-order valence-corrected chi connectivity index (χ3v) is 2.33. The molecule has 0 saturated carbocycles. The van der Waals surface area contributed by atoms with E-state index in [-0.39, 0.29) is 26.9 Å². The third-order valence-electron chi connectivity index (χ3n) is 1.60. The van der Waals surface area contributed by atoms with E-state index in [2.05, 4.69) is 15.9 Å². The van der Waals surface area contributed by atoms with Crippen LogP contribution in [0.4, 0.5) is 0 Å². The number of aromatic hydroxyl groups is 1. The van der Waals surface area contributed by atoms with Gasteiger partial charge in [0, 0.05) is 0 Å². The molecule has 0 radical (unpaired) electrons. The fraction of sp³-hybridized carbons (Fsp3) is 0.222. The molecule has 0 bridgehead atoms. The number of carbonyl (C=O) groups excluding carboxylic acids is 1. The first-order chi connectivity index (χ1) is 6.04. The van der Waals surface area contributed by atoms with E-state index in [0.717, 1.165) is 0 Å². The lowest BCUT2D eigenvalue weighted by molar-refractivity contribution is 0.0993. The van der Waals surface area contributed by atoms with E-state index in [0.29, 0.717) is 0 Å². The minimum atomic E-state index is -0.349. The molecule has 0 aromatic heterocycles. The van der Waals surface area contributed by atoms with Crippen molar-refractivity contribution in [3.8, 4) is 5.75 Å². The molecule has 0 spiro atoms. The van der Waals surface area contributed by atoms with Gasteiger partial charge in [-0.05, 0) is 19.1 Å². The summed E-state index contributed by atoms with van der Waals surface area (Å²) in [5, 5.41) is 9.66. The Balaban J connectivity index is 3.20. The first-order valence-corrected chi connectivity index (χ1v) is 4.99. The van der Waals surface area contributed by atoms with Gasteiger partial charge >= 0.3 is 0 Å². The highest BCUT2D eigenvalue weighted by Crippen LogP contribution is 2.27. The summed E-state index contributed by atoms with van der Waals surface area (Å²) in [5.74, 6) is -0.299. The predicted octanol–water partition coefficient (Wildman–Crippen LogP) is 3.01. The number of phenolic OH excluding ortho intramolecular Hbond substituents is 1. The largest absolute Gasteiger partial charge is 0.507 e. The molecule has 70 valence electrons. The highest BCUT2D eigenvalue weighted by molar-refractivity contribution is 9.10. The SMILES string of the molecule is CC(Br)C(=O)c1c(O)cccc1Cl. The molecule has 2 nitrogen and oxygen atoms in total. The molecule has 0 aliphatic heterocycles. The maximum Gasteiger partial charge on any atom is 0.181 e. The summed E-state index contributed by atoms with van der Waals surface area (Å²) in [6.07, 6.45) is 0. The normalized spacial score (nSPS) is 12.5. The molecule has 0 saturated heterocycles. The van der Waals surface area contributed by atoms with Gasteiger partial charge in [-0.3, -0.25) is 4.79 Å². The van der Waals surface area contributed by atoms with Crippen LogP contribution in [0, 0.1) is 0 Å². The minimum absolute atomic E-state index is 0.0798. The number of hydrogen-bond donors (Lipinski definition) is 1. The Morgan fingerprint density at radius 3 is 2.69 bits per heavy atom. The Labute approximate surface area is 89.7 Å². The molecule has 1 aromatic carbocycles. The molecule has 1 atom stereocenters. The van der Waals surface area contributed by atoms with Gasteiger partial charge in [0.05, 0.1) is 15.4 Å². The zero-order chi connectivity index (χ0) is 10.0. The molecule has 13 heavy (non-hydrogen) atoms. The van der Waals surface area contributed by atoms with E-state index in [1.165, 1.54) is 6.07 Å². The third kappa shape index (κ3) is 2.23. The number of rotatable bonds is 2. The summed E-state index contributed by atoms with van der Waals surface area (Å²) in [5.41, 5.74) is 0.175. The molecule has 4 heteroatoms. The fourth-order valence-corrected chi connectivity index (χ4v) is 1.45. The molecule has 0 aliphatic rings. The molecule has 0 heterocycles. The Morgan fingerprint density at radius 2 is 2.23 bits per heavy atom. The van der Waals surface area contributed by atoms with Crippen molar-refractivity contribution in [1.82, 2.24) is 0 Å². The van der Waals surface area contributed by atoms with Crippen LogP contribution in [0.3, 0.4) is 0 Å². The van der Waals surface area contributed by atoms with Crippen LogP contribution in [-0.4, -0.2) is 15.7 Å². The lowest BCUT2D eigenvalue weighted by Gasteiger charge is -2.06. The number of phenols is 1. The van der Waals surface area contributed by atoms with Crippen LogP contribution in [0.5, 0.6) is 5.75 Å². The van der Waals surface area contributed by atoms with E-state index in [1.54, 1.807) is 19.1 Å². The molecule has 1 aromatic rings. The predicted molar refractivity (Wildman–Crippen MR) is 55.8 cm³/mol. The molecule has 1 rings (SSSR count). The Bertz CT molecular complexity index is 316. The van der Waals surface area contributed by atoms with Crippen molar-refractivity contribution in [2.75, 3.05) is 0 Å². The first kappa shape index (κ1) is 10.5. The quantitative estimate of drug-likeness (QED) is 0.658. The summed E-state index contributed by atoms with van der Waals surface area (Å²) in [6, 6.07) is 4.60. The van der Waals surface area contributed by atoms with Crippen LogP contribution in [-0.2, 0) is 0 Å². The van der Waals surface area contributed by atoms with Gasteiger partial charge in [0.2, 0.25) is 0 Å². The molecular formula is C9H8BrClO2. The van der Waals surface area contributed by atoms with Gasteiger partial charge in [0.25, 0.3) is 0 Å². The van der Waals surface area contributed by atoms with Crippen LogP contribution >= 0.6 is 27.5 Å². The molecule has 0 amide bonds. The highest BCUT2D eigenvalue weighted by atomic mass is 79.9. The fourth-order valence-electron chi connectivity index (χ4n) is 0.956. The minimum Gasteiger partial charge on any atom is -0.507 e. The van der Waals surface area contributed by atoms with Crippen molar-refractivity contribution < 1.29 is 9.90 Å². The summed E-state index contributed by atoms with van der Waals surface area (Å²) in [4.78, 5) is 11.1. The van der Waals surface area contributed by atoms with Gasteiger partial charge in [-0.25, -0.2) is 0 Å². The van der Waals surface area contributed by atoms with Crippen molar-refractivity contribution in [2.45, 2.75) is 11.8 Å². The van der Waals surface area contributed by atoms with E-state index >= 15 is 0 Å². The number of Topliss-reactive ketones (excluding diaryl/α,β-unsaturated/α-hetero) is 1. The second kappa shape index (κ2) is 4.11. The lowest BCUT2D eigenvalue weighted by atomic mass is 10.1. The van der Waals surface area contributed by atoms with Crippen LogP contribution < -0.4 is 0 Å². The summed E-state index contributed by atoms with van der Waals surface area (Å²) < 4.78 is 0. The Morgan fingerprint density at radius 1 is 1.62 bits per heavy atom. The summed E-state index contributed by atoms with van der Waals surface area (Å²) >= 11 is 8.89. The average molecular weight is 264 g/mol. The van der Waals surface area contributed by atoms with Gasteiger partial charge in [0.15, 0.2) is 5.78 Å². The van der Waals surface area contributed by atoms with Crippen molar-refractivity contribution in [1.29, 1.82) is 0 Å². The number of ketones is 1. The average Bonchev–Trinajstić information content (AvgIpc) is 2.03. The molecule has 0 aliphatic carbocycles. The monoisotopic (exact) mass is 262 g/mol. The summed E-state index contributed by atoms with van der Waals surface area (Å²) in [7, 11) is 0. The molecular weight excluding hydrogens is 255 g/mol. The Hall–Kier alpha value is -0.540. The number of carbonyl (C=O) groups is 1. The van der Waals surface area contributed by atoms with Crippen molar-refractivity contribution in [3.05, 3.63) is 28.8 Å². The van der Waals surface area contributed by atoms with Gasteiger partial charge < -0.3 is 5.11 Å². The lowest BCUT2D eigenvalue weighted by Crippen LogP contribution is -2.10. The number of halogens is 2. The van der Waals surface area contributed by atoms with Crippen molar-refractivity contribution in [3.63, 3.8) is 0 Å². The number of hydrogen-bond acceptors (Lipinski definition) is 2. The molecule has 0 fully saturated rings. The second-order valence-electron chi connectivity index (χ2n) is 2.61.